The van der Waals surface area contributed by atoms with E-state index in [0.29, 0.717) is 11.1 Å². The molecule has 2 heterocycles. The van der Waals surface area contributed by atoms with Crippen LogP contribution in [0.15, 0.2) is 22.7 Å². The number of amides is 1. The molecule has 1 unspecified atom stereocenters. The van der Waals surface area contributed by atoms with Crippen LogP contribution in [-0.2, 0) is 19.4 Å². The topological polar surface area (TPSA) is 58.4 Å². The zero-order valence-electron chi connectivity index (χ0n) is 15.1. The van der Waals surface area contributed by atoms with E-state index >= 15 is 0 Å². The van der Waals surface area contributed by atoms with Crippen molar-refractivity contribution in [3.63, 3.8) is 0 Å². The predicted molar refractivity (Wildman–Crippen MR) is 95.4 cm³/mol. The number of benzene rings is 1. The minimum Gasteiger partial charge on any atom is -0.361 e. The molecule has 1 aliphatic carbocycles. The molecule has 0 radical (unpaired) electrons. The highest BCUT2D eigenvalue weighted by atomic mass is 19.1. The van der Waals surface area contributed by atoms with E-state index < -0.39 is 0 Å². The molecule has 2 aromatic rings. The minimum atomic E-state index is -0.351. The summed E-state index contributed by atoms with van der Waals surface area (Å²) in [5, 5.41) is 7.32. The van der Waals surface area contributed by atoms with Gasteiger partial charge in [-0.3, -0.25) is 9.69 Å². The first-order valence-corrected chi connectivity index (χ1v) is 9.36. The number of rotatable bonds is 4. The number of hydrogen-bond acceptors (Lipinski definition) is 4. The van der Waals surface area contributed by atoms with Gasteiger partial charge in [-0.25, -0.2) is 4.39 Å². The van der Waals surface area contributed by atoms with Gasteiger partial charge in [-0.1, -0.05) is 11.2 Å². The van der Waals surface area contributed by atoms with Crippen LogP contribution in [0.2, 0.25) is 0 Å². The minimum absolute atomic E-state index is 0.0242. The summed E-state index contributed by atoms with van der Waals surface area (Å²) in [7, 11) is 0. The molecule has 1 aliphatic heterocycles. The number of nitrogens with one attached hydrogen (secondary N) is 1. The van der Waals surface area contributed by atoms with E-state index in [9.17, 15) is 9.18 Å². The Hall–Kier alpha value is -2.21. The van der Waals surface area contributed by atoms with Crippen LogP contribution in [-0.4, -0.2) is 35.1 Å². The molecule has 1 saturated heterocycles. The van der Waals surface area contributed by atoms with Crippen molar-refractivity contribution < 1.29 is 13.7 Å². The van der Waals surface area contributed by atoms with Gasteiger partial charge in [-0.05, 0) is 63.4 Å². The molecule has 1 atom stereocenters. The van der Waals surface area contributed by atoms with Crippen LogP contribution in [0.5, 0.6) is 0 Å². The molecule has 5 nitrogen and oxygen atoms in total. The number of fused-ring (bicyclic) bond motifs is 1. The van der Waals surface area contributed by atoms with Crippen LogP contribution < -0.4 is 5.32 Å². The van der Waals surface area contributed by atoms with E-state index in [1.165, 1.54) is 18.9 Å². The number of hydrogen-bond donors (Lipinski definition) is 1. The lowest BCUT2D eigenvalue weighted by molar-refractivity contribution is 0.0932. The van der Waals surface area contributed by atoms with Crippen molar-refractivity contribution in [1.82, 2.24) is 15.4 Å². The van der Waals surface area contributed by atoms with Crippen LogP contribution in [0, 0.1) is 12.7 Å². The molecule has 0 saturated carbocycles. The molecule has 4 rings (SSSR count). The highest BCUT2D eigenvalue weighted by molar-refractivity contribution is 5.94. The monoisotopic (exact) mass is 357 g/mol. The summed E-state index contributed by atoms with van der Waals surface area (Å²) in [4.78, 5) is 14.9. The first kappa shape index (κ1) is 17.2. The number of carbonyl (C=O) groups is 1. The molecule has 26 heavy (non-hydrogen) atoms. The molecule has 1 amide bonds. The maximum absolute atomic E-state index is 13.7. The van der Waals surface area contributed by atoms with Gasteiger partial charge in [-0.2, -0.15) is 0 Å². The molecule has 0 spiro atoms. The van der Waals surface area contributed by atoms with E-state index in [2.05, 4.69) is 15.4 Å². The molecule has 6 heteroatoms. The Balaban J connectivity index is 1.43. The van der Waals surface area contributed by atoms with Gasteiger partial charge in [0.25, 0.3) is 5.91 Å². The van der Waals surface area contributed by atoms with Crippen molar-refractivity contribution in [3.05, 3.63) is 52.2 Å². The summed E-state index contributed by atoms with van der Waals surface area (Å²) in [6.45, 7) is 4.73. The molecule has 138 valence electrons. The molecule has 2 aliphatic rings. The second-order valence-corrected chi connectivity index (χ2v) is 7.39. The van der Waals surface area contributed by atoms with E-state index in [1.54, 1.807) is 19.1 Å². The molecule has 0 bridgehead atoms. The van der Waals surface area contributed by atoms with Crippen molar-refractivity contribution in [2.75, 3.05) is 13.1 Å². The van der Waals surface area contributed by atoms with Crippen LogP contribution in [0.25, 0.3) is 0 Å². The summed E-state index contributed by atoms with van der Waals surface area (Å²) < 4.78 is 19.2. The fourth-order valence-electron chi connectivity index (χ4n) is 3.87. The van der Waals surface area contributed by atoms with Crippen molar-refractivity contribution in [1.29, 1.82) is 0 Å². The van der Waals surface area contributed by atoms with Gasteiger partial charge >= 0.3 is 0 Å². The fourth-order valence-corrected chi connectivity index (χ4v) is 3.87. The SMILES string of the molecule is Cc1ccc(C(=O)NC2CCc3onc(CN4CCCC4)c3C2)cc1F. The largest absolute Gasteiger partial charge is 0.361 e. The molecule has 1 aromatic heterocycles. The van der Waals surface area contributed by atoms with Crippen molar-refractivity contribution in [3.8, 4) is 0 Å². The Morgan fingerprint density at radius 2 is 2.19 bits per heavy atom. The highest BCUT2D eigenvalue weighted by Crippen LogP contribution is 2.26. The second kappa shape index (κ2) is 7.19. The number of halogens is 1. The summed E-state index contributed by atoms with van der Waals surface area (Å²) in [5.74, 6) is 0.372. The normalized spacial score (nSPS) is 20.2. The van der Waals surface area contributed by atoms with Gasteiger partial charge < -0.3 is 9.84 Å². The lowest BCUT2D eigenvalue weighted by Crippen LogP contribution is -2.39. The third kappa shape index (κ3) is 3.51. The van der Waals surface area contributed by atoms with Gasteiger partial charge in [0.05, 0.1) is 0 Å². The predicted octanol–water partition coefficient (Wildman–Crippen LogP) is 3.01. The first-order valence-electron chi connectivity index (χ1n) is 9.36. The molecule has 1 aromatic carbocycles. The standard InChI is InChI=1S/C20H24FN3O2/c1-13-4-5-14(10-17(13)21)20(25)22-15-6-7-19-16(11-15)18(23-26-19)12-24-8-2-3-9-24/h4-5,10,15H,2-3,6-9,11-12H2,1H3,(H,22,25). The van der Waals surface area contributed by atoms with Crippen LogP contribution in [0.1, 0.15) is 52.2 Å². The van der Waals surface area contributed by atoms with Crippen molar-refractivity contribution in [2.45, 2.75) is 51.6 Å². The lowest BCUT2D eigenvalue weighted by Gasteiger charge is -2.23. The summed E-state index contributed by atoms with van der Waals surface area (Å²) in [6.07, 6.45) is 4.79. The van der Waals surface area contributed by atoms with Gasteiger partial charge in [0.1, 0.15) is 17.3 Å². The number of aryl methyl sites for hydroxylation is 2. The van der Waals surface area contributed by atoms with Gasteiger partial charge in [0.2, 0.25) is 0 Å². The van der Waals surface area contributed by atoms with Gasteiger partial charge in [0, 0.05) is 30.1 Å². The van der Waals surface area contributed by atoms with Gasteiger partial charge in [-0.15, -0.1) is 0 Å². The van der Waals surface area contributed by atoms with E-state index in [0.717, 1.165) is 55.9 Å². The van der Waals surface area contributed by atoms with Crippen molar-refractivity contribution in [2.24, 2.45) is 0 Å². The average molecular weight is 357 g/mol. The number of carbonyl (C=O) groups excluding carboxylic acids is 1. The lowest BCUT2D eigenvalue weighted by atomic mass is 9.91. The van der Waals surface area contributed by atoms with E-state index in [-0.39, 0.29) is 17.8 Å². The summed E-state index contributed by atoms with van der Waals surface area (Å²) >= 11 is 0. The zero-order valence-corrected chi connectivity index (χ0v) is 15.1. The Bertz CT molecular complexity index is 811. The van der Waals surface area contributed by atoms with Crippen LogP contribution in [0.3, 0.4) is 0 Å². The average Bonchev–Trinajstić information content (AvgIpc) is 3.28. The van der Waals surface area contributed by atoms with Crippen LogP contribution >= 0.6 is 0 Å². The number of aromatic nitrogens is 1. The van der Waals surface area contributed by atoms with Gasteiger partial charge in [0.15, 0.2) is 0 Å². The highest BCUT2D eigenvalue weighted by Gasteiger charge is 2.28. The maximum Gasteiger partial charge on any atom is 0.251 e. The first-order chi connectivity index (χ1) is 12.6. The maximum atomic E-state index is 13.7. The number of nitrogens with zero attached hydrogens (tertiary/aromatic N) is 2. The Kier molecular flexibility index (Phi) is 4.76. The fraction of sp³-hybridized carbons (Fsp3) is 0.500. The molecular formula is C20H24FN3O2. The quantitative estimate of drug-likeness (QED) is 0.914. The Labute approximate surface area is 152 Å². The van der Waals surface area contributed by atoms with Crippen molar-refractivity contribution >= 4 is 5.91 Å². The summed E-state index contributed by atoms with van der Waals surface area (Å²) in [5.41, 5.74) is 3.05. The molecule has 1 N–H and O–H groups in total. The number of likely N-dealkylation sites (tertiary alicyclic amines) is 1. The Morgan fingerprint density at radius 1 is 1.38 bits per heavy atom. The smallest absolute Gasteiger partial charge is 0.251 e. The van der Waals surface area contributed by atoms with E-state index in [1.807, 2.05) is 0 Å². The Morgan fingerprint density at radius 3 is 2.96 bits per heavy atom. The van der Waals surface area contributed by atoms with Crippen LogP contribution in [0.4, 0.5) is 4.39 Å². The summed E-state index contributed by atoms with van der Waals surface area (Å²) in [6, 6.07) is 4.63. The second-order valence-electron chi connectivity index (χ2n) is 7.39. The molecule has 1 fully saturated rings. The molecular weight excluding hydrogens is 333 g/mol. The zero-order chi connectivity index (χ0) is 18.1. The van der Waals surface area contributed by atoms with E-state index in [4.69, 9.17) is 4.52 Å². The third-order valence-corrected chi connectivity index (χ3v) is 5.46. The third-order valence-electron chi connectivity index (χ3n) is 5.46.